The maximum Gasteiger partial charge on any atom is 0.132 e. The molecule has 0 aliphatic rings. The lowest BCUT2D eigenvalue weighted by atomic mass is 10.0. The number of nitrogens with zero attached hydrogens (tertiary/aromatic N) is 1. The van der Waals surface area contributed by atoms with Gasteiger partial charge in [0.2, 0.25) is 0 Å². The van der Waals surface area contributed by atoms with Crippen LogP contribution in [0.25, 0.3) is 0 Å². The van der Waals surface area contributed by atoms with Crippen molar-refractivity contribution in [1.82, 2.24) is 0 Å². The fraction of sp³-hybridized carbons (Fsp3) is 0.875. The maximum atomic E-state index is 11.3. The molecule has 0 aliphatic heterocycles. The number of aliphatic hydroxyl groups is 1. The largest absolute Gasteiger partial charge is 0.396 e. The fourth-order valence-corrected chi connectivity index (χ4v) is 2.16. The molecule has 110 valence electrons. The van der Waals surface area contributed by atoms with Gasteiger partial charge in [0.1, 0.15) is 5.78 Å². The van der Waals surface area contributed by atoms with E-state index in [2.05, 4.69) is 6.07 Å². The molecule has 0 aliphatic carbocycles. The number of rotatable bonds is 14. The minimum atomic E-state index is 0.125. The zero-order valence-corrected chi connectivity index (χ0v) is 12.2. The van der Waals surface area contributed by atoms with Crippen molar-refractivity contribution in [2.45, 2.75) is 83.5 Å². The number of Topliss-reactive ketones (excluding diaryl/α,β-unsaturated/α-hetero) is 1. The summed E-state index contributed by atoms with van der Waals surface area (Å²) in [6.07, 6.45) is 13.2. The third kappa shape index (κ3) is 15.1. The van der Waals surface area contributed by atoms with Gasteiger partial charge in [-0.05, 0) is 19.3 Å². The molecule has 0 spiro atoms. The van der Waals surface area contributed by atoms with Crippen LogP contribution in [0.3, 0.4) is 0 Å². The molecule has 0 atom stereocenters. The summed E-state index contributed by atoms with van der Waals surface area (Å²) in [5.74, 6) is 0.298. The molecule has 0 aromatic heterocycles. The Kier molecular flexibility index (Phi) is 14.5. The van der Waals surface area contributed by atoms with Crippen molar-refractivity contribution in [1.29, 1.82) is 5.26 Å². The minimum absolute atomic E-state index is 0.125. The Labute approximate surface area is 118 Å². The molecule has 19 heavy (non-hydrogen) atoms. The number of hydrogen-bond acceptors (Lipinski definition) is 3. The number of carbonyl (C=O) groups excluding carboxylic acids is 1. The van der Waals surface area contributed by atoms with E-state index in [1.54, 1.807) is 0 Å². The van der Waals surface area contributed by atoms with Gasteiger partial charge >= 0.3 is 0 Å². The first kappa shape index (κ1) is 18.1. The average molecular weight is 267 g/mol. The molecule has 0 fully saturated rings. The summed E-state index contributed by atoms with van der Waals surface area (Å²) in [6.45, 7) is 0.125. The van der Waals surface area contributed by atoms with Crippen molar-refractivity contribution in [3.05, 3.63) is 0 Å². The normalized spacial score (nSPS) is 10.3. The second kappa shape index (κ2) is 15.2. The van der Waals surface area contributed by atoms with Crippen molar-refractivity contribution in [3.63, 3.8) is 0 Å². The highest BCUT2D eigenvalue weighted by atomic mass is 16.3. The zero-order chi connectivity index (χ0) is 14.2. The van der Waals surface area contributed by atoms with Crippen LogP contribution in [0.4, 0.5) is 0 Å². The predicted octanol–water partition coefficient (Wildman–Crippen LogP) is 4.14. The SMILES string of the molecule is N#CCCCCCCCCCCCC(=O)CCCO. The molecule has 0 saturated heterocycles. The van der Waals surface area contributed by atoms with E-state index in [1.165, 1.54) is 38.5 Å². The van der Waals surface area contributed by atoms with Gasteiger partial charge in [-0.1, -0.05) is 44.9 Å². The molecule has 0 rings (SSSR count). The van der Waals surface area contributed by atoms with Gasteiger partial charge in [-0.2, -0.15) is 5.26 Å². The van der Waals surface area contributed by atoms with Crippen LogP contribution in [-0.2, 0) is 4.79 Å². The summed E-state index contributed by atoms with van der Waals surface area (Å²) in [4.78, 5) is 11.3. The predicted molar refractivity (Wildman–Crippen MR) is 77.7 cm³/mol. The first-order chi connectivity index (χ1) is 9.31. The van der Waals surface area contributed by atoms with Crippen LogP contribution in [0.1, 0.15) is 83.5 Å². The van der Waals surface area contributed by atoms with E-state index in [4.69, 9.17) is 10.4 Å². The molecular weight excluding hydrogens is 238 g/mol. The number of nitriles is 1. The van der Waals surface area contributed by atoms with E-state index in [-0.39, 0.29) is 6.61 Å². The molecule has 0 amide bonds. The molecule has 3 heteroatoms. The second-order valence-electron chi connectivity index (χ2n) is 5.21. The van der Waals surface area contributed by atoms with Gasteiger partial charge < -0.3 is 5.11 Å². The van der Waals surface area contributed by atoms with Crippen LogP contribution >= 0.6 is 0 Å². The zero-order valence-electron chi connectivity index (χ0n) is 12.2. The Morgan fingerprint density at radius 3 is 1.79 bits per heavy atom. The lowest BCUT2D eigenvalue weighted by molar-refractivity contribution is -0.119. The Hall–Kier alpha value is -0.880. The summed E-state index contributed by atoms with van der Waals surface area (Å²) >= 11 is 0. The second-order valence-corrected chi connectivity index (χ2v) is 5.21. The monoisotopic (exact) mass is 267 g/mol. The summed E-state index contributed by atoms with van der Waals surface area (Å²) in [5, 5.41) is 17.0. The van der Waals surface area contributed by atoms with Crippen LogP contribution < -0.4 is 0 Å². The molecule has 1 N–H and O–H groups in total. The van der Waals surface area contributed by atoms with E-state index in [0.717, 1.165) is 19.3 Å². The molecule has 0 unspecified atom stereocenters. The molecule has 0 aromatic rings. The molecule has 0 radical (unpaired) electrons. The summed E-state index contributed by atoms with van der Waals surface area (Å²) in [5.41, 5.74) is 0. The highest BCUT2D eigenvalue weighted by Crippen LogP contribution is 2.11. The quantitative estimate of drug-likeness (QED) is 0.481. The topological polar surface area (TPSA) is 61.1 Å². The van der Waals surface area contributed by atoms with Gasteiger partial charge in [0.15, 0.2) is 0 Å². The van der Waals surface area contributed by atoms with E-state index < -0.39 is 0 Å². The Morgan fingerprint density at radius 2 is 1.26 bits per heavy atom. The van der Waals surface area contributed by atoms with Crippen LogP contribution in [0.15, 0.2) is 0 Å². The summed E-state index contributed by atoms with van der Waals surface area (Å²) in [7, 11) is 0. The van der Waals surface area contributed by atoms with Crippen molar-refractivity contribution in [3.8, 4) is 6.07 Å². The Bertz CT molecular complexity index is 246. The van der Waals surface area contributed by atoms with Gasteiger partial charge in [0.25, 0.3) is 0 Å². The number of unbranched alkanes of at least 4 members (excludes halogenated alkanes) is 9. The van der Waals surface area contributed by atoms with E-state index in [9.17, 15) is 4.79 Å². The maximum absolute atomic E-state index is 11.3. The standard InChI is InChI=1S/C16H29NO2/c17-14-10-8-6-4-2-1-3-5-7-9-12-16(19)13-11-15-18/h18H,1-13,15H2. The minimum Gasteiger partial charge on any atom is -0.396 e. The van der Waals surface area contributed by atoms with Gasteiger partial charge in [-0.25, -0.2) is 0 Å². The molecule has 0 bridgehead atoms. The third-order valence-electron chi connectivity index (χ3n) is 3.36. The van der Waals surface area contributed by atoms with Crippen LogP contribution in [0.2, 0.25) is 0 Å². The van der Waals surface area contributed by atoms with Crippen LogP contribution in [0.5, 0.6) is 0 Å². The van der Waals surface area contributed by atoms with Crippen molar-refractivity contribution in [2.75, 3.05) is 6.61 Å². The van der Waals surface area contributed by atoms with Gasteiger partial charge in [-0.3, -0.25) is 4.79 Å². The lowest BCUT2D eigenvalue weighted by Gasteiger charge is -2.02. The average Bonchev–Trinajstić information content (AvgIpc) is 2.42. The number of carbonyl (C=O) groups is 1. The number of aliphatic hydroxyl groups excluding tert-OH is 1. The Balaban J connectivity index is 3.06. The van der Waals surface area contributed by atoms with E-state index >= 15 is 0 Å². The van der Waals surface area contributed by atoms with Crippen molar-refractivity contribution in [2.24, 2.45) is 0 Å². The highest BCUT2D eigenvalue weighted by Gasteiger charge is 2.00. The summed E-state index contributed by atoms with van der Waals surface area (Å²) < 4.78 is 0. The first-order valence-electron chi connectivity index (χ1n) is 7.80. The van der Waals surface area contributed by atoms with Crippen molar-refractivity contribution < 1.29 is 9.90 Å². The number of ketones is 1. The Morgan fingerprint density at radius 1 is 0.789 bits per heavy atom. The van der Waals surface area contributed by atoms with E-state index in [1.807, 2.05) is 0 Å². The summed E-state index contributed by atoms with van der Waals surface area (Å²) in [6, 6.07) is 2.17. The highest BCUT2D eigenvalue weighted by molar-refractivity contribution is 5.78. The molecule has 0 saturated carbocycles. The fourth-order valence-electron chi connectivity index (χ4n) is 2.16. The first-order valence-corrected chi connectivity index (χ1v) is 7.80. The molecular formula is C16H29NO2. The number of hydrogen-bond donors (Lipinski definition) is 1. The van der Waals surface area contributed by atoms with Gasteiger partial charge in [-0.15, -0.1) is 0 Å². The third-order valence-corrected chi connectivity index (χ3v) is 3.36. The molecule has 0 aromatic carbocycles. The molecule has 0 heterocycles. The van der Waals surface area contributed by atoms with Gasteiger partial charge in [0.05, 0.1) is 6.07 Å². The van der Waals surface area contributed by atoms with Crippen molar-refractivity contribution >= 4 is 5.78 Å². The molecule has 3 nitrogen and oxygen atoms in total. The smallest absolute Gasteiger partial charge is 0.132 e. The van der Waals surface area contributed by atoms with Crippen LogP contribution in [0, 0.1) is 11.3 Å². The lowest BCUT2D eigenvalue weighted by Crippen LogP contribution is -1.99. The van der Waals surface area contributed by atoms with E-state index in [0.29, 0.717) is 31.5 Å². The van der Waals surface area contributed by atoms with Gasteiger partial charge in [0, 0.05) is 25.9 Å². The van der Waals surface area contributed by atoms with Crippen LogP contribution in [-0.4, -0.2) is 17.5 Å².